The van der Waals surface area contributed by atoms with E-state index in [-0.39, 0.29) is 25.8 Å². The number of nitrogens with one attached hydrogen (secondary N) is 2. The molecular formula is C21H33FN4O2. The van der Waals surface area contributed by atoms with Gasteiger partial charge in [0.25, 0.3) is 0 Å². The number of nitrogens with zero attached hydrogens (tertiary/aromatic N) is 1. The van der Waals surface area contributed by atoms with Gasteiger partial charge in [-0.05, 0) is 62.5 Å². The quantitative estimate of drug-likeness (QED) is 0.727. The number of primary amides is 1. The SMILES string of the molecule is C.NC(=O)NC1CC1.O=C(NCc1ccc(C2CC2)cc1F)N1CCCCC1. The van der Waals surface area contributed by atoms with Gasteiger partial charge < -0.3 is 21.3 Å². The molecule has 4 rings (SSSR count). The van der Waals surface area contributed by atoms with Crippen LogP contribution >= 0.6 is 0 Å². The van der Waals surface area contributed by atoms with Gasteiger partial charge in [0.1, 0.15) is 5.82 Å². The summed E-state index contributed by atoms with van der Waals surface area (Å²) in [6.07, 6.45) is 7.87. The first-order valence-corrected chi connectivity index (χ1v) is 9.90. The monoisotopic (exact) mass is 392 g/mol. The van der Waals surface area contributed by atoms with Crippen molar-refractivity contribution in [3.63, 3.8) is 0 Å². The highest BCUT2D eigenvalue weighted by atomic mass is 19.1. The van der Waals surface area contributed by atoms with Crippen LogP contribution in [0.15, 0.2) is 18.2 Å². The molecule has 28 heavy (non-hydrogen) atoms. The first-order valence-electron chi connectivity index (χ1n) is 9.90. The molecule has 1 aromatic rings. The first kappa shape index (κ1) is 22.0. The third kappa shape index (κ3) is 7.02. The van der Waals surface area contributed by atoms with E-state index in [1.807, 2.05) is 11.0 Å². The molecule has 0 unspecified atom stereocenters. The number of hydrogen-bond acceptors (Lipinski definition) is 2. The maximum atomic E-state index is 14.0. The molecule has 6 nitrogen and oxygen atoms in total. The van der Waals surface area contributed by atoms with Crippen molar-refractivity contribution < 1.29 is 14.0 Å². The second kappa shape index (κ2) is 10.3. The van der Waals surface area contributed by atoms with Gasteiger partial charge in [0.2, 0.25) is 0 Å². The molecule has 4 N–H and O–H groups in total. The Labute approximate surface area is 167 Å². The van der Waals surface area contributed by atoms with Crippen molar-refractivity contribution >= 4 is 12.1 Å². The van der Waals surface area contributed by atoms with E-state index < -0.39 is 6.03 Å². The van der Waals surface area contributed by atoms with E-state index in [1.54, 1.807) is 12.1 Å². The summed E-state index contributed by atoms with van der Waals surface area (Å²) in [6, 6.07) is 5.35. The molecule has 1 aliphatic heterocycles. The molecular weight excluding hydrogens is 359 g/mol. The average molecular weight is 393 g/mol. The Kier molecular flexibility index (Phi) is 8.08. The zero-order chi connectivity index (χ0) is 19.2. The lowest BCUT2D eigenvalue weighted by Gasteiger charge is -2.26. The fourth-order valence-electron chi connectivity index (χ4n) is 3.19. The van der Waals surface area contributed by atoms with Crippen molar-refractivity contribution in [3.8, 4) is 0 Å². The van der Waals surface area contributed by atoms with Crippen LogP contribution in [0.2, 0.25) is 0 Å². The smallest absolute Gasteiger partial charge is 0.317 e. The normalized spacial score (nSPS) is 18.2. The predicted molar refractivity (Wildman–Crippen MR) is 109 cm³/mol. The Bertz CT molecular complexity index is 668. The fraction of sp³-hybridized carbons (Fsp3) is 0.619. The van der Waals surface area contributed by atoms with E-state index in [1.165, 1.54) is 19.3 Å². The van der Waals surface area contributed by atoms with Crippen LogP contribution in [0.3, 0.4) is 0 Å². The number of benzene rings is 1. The number of hydrogen-bond donors (Lipinski definition) is 3. The zero-order valence-corrected chi connectivity index (χ0v) is 15.7. The van der Waals surface area contributed by atoms with Crippen LogP contribution in [0.1, 0.15) is 69.4 Å². The zero-order valence-electron chi connectivity index (χ0n) is 15.7. The summed E-state index contributed by atoms with van der Waals surface area (Å²) in [7, 11) is 0. The Hall–Kier alpha value is -2.31. The number of likely N-dealkylation sites (tertiary alicyclic amines) is 1. The summed E-state index contributed by atoms with van der Waals surface area (Å²) >= 11 is 0. The molecule has 0 spiro atoms. The van der Waals surface area contributed by atoms with Gasteiger partial charge in [0.05, 0.1) is 0 Å². The Morgan fingerprint density at radius 2 is 1.79 bits per heavy atom. The summed E-state index contributed by atoms with van der Waals surface area (Å²) in [4.78, 5) is 23.7. The molecule has 0 aromatic heterocycles. The minimum atomic E-state index is -0.400. The number of carbonyl (C=O) groups is 2. The van der Waals surface area contributed by atoms with Gasteiger partial charge in [-0.3, -0.25) is 0 Å². The van der Waals surface area contributed by atoms with E-state index in [0.29, 0.717) is 17.5 Å². The van der Waals surface area contributed by atoms with Crippen LogP contribution in [0.4, 0.5) is 14.0 Å². The second-order valence-corrected chi connectivity index (χ2v) is 7.61. The van der Waals surface area contributed by atoms with Gasteiger partial charge in [0.15, 0.2) is 0 Å². The van der Waals surface area contributed by atoms with Crippen LogP contribution < -0.4 is 16.4 Å². The van der Waals surface area contributed by atoms with E-state index in [2.05, 4.69) is 10.6 Å². The standard InChI is InChI=1S/C16H21FN2O.C4H8N2O.CH4/c17-15-10-13(12-4-5-12)6-7-14(15)11-18-16(20)19-8-2-1-3-9-19;5-4(7)6-3-1-2-3;/h6-7,10,12H,1-5,8-9,11H2,(H,18,20);3H,1-2H2,(H3,5,6,7);1H4. The topological polar surface area (TPSA) is 87.5 Å². The van der Waals surface area contributed by atoms with Crippen molar-refractivity contribution in [2.24, 2.45) is 5.73 Å². The van der Waals surface area contributed by atoms with Crippen LogP contribution in [0, 0.1) is 5.82 Å². The third-order valence-electron chi connectivity index (χ3n) is 5.12. The summed E-state index contributed by atoms with van der Waals surface area (Å²) < 4.78 is 14.0. The summed E-state index contributed by atoms with van der Waals surface area (Å²) in [5.41, 5.74) is 6.44. The lowest BCUT2D eigenvalue weighted by Crippen LogP contribution is -2.42. The molecule has 1 aromatic carbocycles. The van der Waals surface area contributed by atoms with Gasteiger partial charge in [-0.25, -0.2) is 14.0 Å². The van der Waals surface area contributed by atoms with Gasteiger partial charge in [-0.2, -0.15) is 0 Å². The molecule has 0 bridgehead atoms. The van der Waals surface area contributed by atoms with Gasteiger partial charge in [-0.15, -0.1) is 0 Å². The molecule has 156 valence electrons. The Balaban J connectivity index is 0.000000298. The minimum absolute atomic E-state index is 0. The number of urea groups is 2. The molecule has 2 aliphatic carbocycles. The molecule has 3 aliphatic rings. The van der Waals surface area contributed by atoms with E-state index in [0.717, 1.165) is 44.3 Å². The Morgan fingerprint density at radius 1 is 1.11 bits per heavy atom. The van der Waals surface area contributed by atoms with Crippen molar-refractivity contribution in [1.29, 1.82) is 0 Å². The molecule has 1 saturated heterocycles. The largest absolute Gasteiger partial charge is 0.352 e. The highest BCUT2D eigenvalue weighted by Gasteiger charge is 2.24. The van der Waals surface area contributed by atoms with E-state index in [4.69, 9.17) is 5.73 Å². The van der Waals surface area contributed by atoms with Crippen LogP contribution in [-0.2, 0) is 6.54 Å². The van der Waals surface area contributed by atoms with Crippen molar-refractivity contribution in [3.05, 3.63) is 35.1 Å². The number of carbonyl (C=O) groups excluding carboxylic acids is 2. The molecule has 2 saturated carbocycles. The molecule has 0 atom stereocenters. The van der Waals surface area contributed by atoms with Crippen molar-refractivity contribution in [2.75, 3.05) is 13.1 Å². The maximum Gasteiger partial charge on any atom is 0.317 e. The summed E-state index contributed by atoms with van der Waals surface area (Å²) in [5, 5.41) is 5.38. The van der Waals surface area contributed by atoms with Crippen molar-refractivity contribution in [1.82, 2.24) is 15.5 Å². The second-order valence-electron chi connectivity index (χ2n) is 7.61. The number of nitrogens with two attached hydrogens (primary N) is 1. The summed E-state index contributed by atoms with van der Waals surface area (Å²) in [5.74, 6) is 0.356. The van der Waals surface area contributed by atoms with Gasteiger partial charge in [0, 0.05) is 31.2 Å². The lowest BCUT2D eigenvalue weighted by atomic mass is 10.1. The molecule has 7 heteroatoms. The van der Waals surface area contributed by atoms with Crippen molar-refractivity contribution in [2.45, 2.75) is 70.9 Å². The Morgan fingerprint density at radius 3 is 2.29 bits per heavy atom. The number of amides is 4. The van der Waals surface area contributed by atoms with Crippen LogP contribution in [0.5, 0.6) is 0 Å². The average Bonchev–Trinajstić information content (AvgIpc) is 3.55. The third-order valence-corrected chi connectivity index (χ3v) is 5.12. The molecule has 3 fully saturated rings. The summed E-state index contributed by atoms with van der Waals surface area (Å²) in [6.45, 7) is 1.90. The molecule has 4 amide bonds. The number of rotatable bonds is 4. The first-order chi connectivity index (χ1) is 13.0. The molecule has 0 radical (unpaired) electrons. The van der Waals surface area contributed by atoms with E-state index in [9.17, 15) is 14.0 Å². The van der Waals surface area contributed by atoms with Crippen LogP contribution in [0.25, 0.3) is 0 Å². The molecule has 1 heterocycles. The highest BCUT2D eigenvalue weighted by Crippen LogP contribution is 2.40. The van der Waals surface area contributed by atoms with E-state index >= 15 is 0 Å². The fourth-order valence-corrected chi connectivity index (χ4v) is 3.19. The lowest BCUT2D eigenvalue weighted by molar-refractivity contribution is 0.186. The van der Waals surface area contributed by atoms with Gasteiger partial charge >= 0.3 is 12.1 Å². The predicted octanol–water partition coefficient (Wildman–Crippen LogP) is 3.85. The maximum absolute atomic E-state index is 14.0. The van der Waals surface area contributed by atoms with Crippen LogP contribution in [-0.4, -0.2) is 36.1 Å². The minimum Gasteiger partial charge on any atom is -0.352 e. The van der Waals surface area contributed by atoms with Gasteiger partial charge in [-0.1, -0.05) is 19.6 Å². The highest BCUT2D eigenvalue weighted by molar-refractivity contribution is 5.74. The number of halogens is 1. The number of piperidine rings is 1.